The summed E-state index contributed by atoms with van der Waals surface area (Å²) in [7, 11) is 0. The number of amides is 1. The number of pyridine rings is 1. The molecule has 1 aromatic heterocycles. The molecule has 5 heteroatoms. The Labute approximate surface area is 137 Å². The van der Waals surface area contributed by atoms with E-state index in [4.69, 9.17) is 5.26 Å². The molecule has 1 saturated heterocycles. The average Bonchev–Trinajstić information content (AvgIpc) is 3.08. The summed E-state index contributed by atoms with van der Waals surface area (Å²) >= 11 is 0. The molecular weight excluding hydrogens is 288 g/mol. The quantitative estimate of drug-likeness (QED) is 0.928. The lowest BCUT2D eigenvalue weighted by atomic mass is 10.0. The fourth-order valence-corrected chi connectivity index (χ4v) is 3.68. The number of carbonyl (C=O) groups excluding carboxylic acids is 1. The summed E-state index contributed by atoms with van der Waals surface area (Å²) in [5.74, 6) is 0.843. The molecule has 0 bridgehead atoms. The summed E-state index contributed by atoms with van der Waals surface area (Å²) in [6.07, 6.45) is 9.42. The largest absolute Gasteiger partial charge is 0.370 e. The van der Waals surface area contributed by atoms with Gasteiger partial charge in [0.15, 0.2) is 0 Å². The minimum absolute atomic E-state index is 0.232. The summed E-state index contributed by atoms with van der Waals surface area (Å²) in [5.41, 5.74) is 1.50. The van der Waals surface area contributed by atoms with Crippen molar-refractivity contribution < 1.29 is 4.79 Å². The minimum Gasteiger partial charge on any atom is -0.370 e. The maximum absolute atomic E-state index is 12.1. The lowest BCUT2D eigenvalue weighted by Gasteiger charge is -2.33. The van der Waals surface area contributed by atoms with Crippen LogP contribution in [0.2, 0.25) is 0 Å². The van der Waals surface area contributed by atoms with Crippen LogP contribution in [-0.4, -0.2) is 30.0 Å². The van der Waals surface area contributed by atoms with E-state index in [2.05, 4.69) is 15.2 Å². The summed E-state index contributed by atoms with van der Waals surface area (Å²) in [5, 5.41) is 12.0. The topological polar surface area (TPSA) is 69.0 Å². The lowest BCUT2D eigenvalue weighted by molar-refractivity contribution is -0.122. The van der Waals surface area contributed by atoms with E-state index in [1.54, 1.807) is 12.3 Å². The van der Waals surface area contributed by atoms with E-state index in [-0.39, 0.29) is 5.91 Å². The Bertz CT molecular complexity index is 564. The summed E-state index contributed by atoms with van der Waals surface area (Å²) in [6, 6.07) is 6.04. The Morgan fingerprint density at radius 1 is 1.26 bits per heavy atom. The number of carbonyl (C=O) groups is 1. The first-order valence-corrected chi connectivity index (χ1v) is 8.65. The fourth-order valence-electron chi connectivity index (χ4n) is 3.68. The van der Waals surface area contributed by atoms with E-state index in [0.717, 1.165) is 31.6 Å². The van der Waals surface area contributed by atoms with E-state index in [9.17, 15) is 4.79 Å². The van der Waals surface area contributed by atoms with Gasteiger partial charge in [0, 0.05) is 25.6 Å². The number of rotatable bonds is 4. The minimum atomic E-state index is 0.232. The van der Waals surface area contributed by atoms with Crippen molar-refractivity contribution in [3.63, 3.8) is 0 Å². The summed E-state index contributed by atoms with van der Waals surface area (Å²) in [6.45, 7) is 1.84. The number of anilines is 1. The zero-order valence-electron chi connectivity index (χ0n) is 13.5. The molecule has 122 valence electrons. The van der Waals surface area contributed by atoms with E-state index in [1.165, 1.54) is 25.7 Å². The molecule has 0 spiro atoms. The molecule has 0 aromatic carbocycles. The van der Waals surface area contributed by atoms with Crippen molar-refractivity contribution in [3.05, 3.63) is 24.0 Å². The second kappa shape index (κ2) is 7.45. The Balaban J connectivity index is 1.44. The zero-order chi connectivity index (χ0) is 16.1. The number of hydrogen-bond donors (Lipinski definition) is 1. The van der Waals surface area contributed by atoms with Gasteiger partial charge in [-0.1, -0.05) is 12.8 Å². The third-order valence-electron chi connectivity index (χ3n) is 5.04. The Hall–Kier alpha value is -2.09. The number of aromatic nitrogens is 1. The molecule has 2 aliphatic rings. The van der Waals surface area contributed by atoms with Crippen LogP contribution in [0.25, 0.3) is 0 Å². The van der Waals surface area contributed by atoms with Gasteiger partial charge in [0.05, 0.1) is 11.9 Å². The first kappa shape index (κ1) is 15.8. The van der Waals surface area contributed by atoms with Crippen LogP contribution in [0.4, 0.5) is 5.69 Å². The molecule has 23 heavy (non-hydrogen) atoms. The standard InChI is InChI=1S/C18H24N4O/c19-12-16-5-6-17(13-20-16)22-9-7-15(8-10-22)21-18(23)11-14-3-1-2-4-14/h5-6,13-15H,1-4,7-11H2,(H,21,23). The van der Waals surface area contributed by atoms with Gasteiger partial charge in [-0.25, -0.2) is 4.98 Å². The molecule has 0 unspecified atom stereocenters. The zero-order valence-corrected chi connectivity index (χ0v) is 13.5. The van der Waals surface area contributed by atoms with Gasteiger partial charge < -0.3 is 10.2 Å². The summed E-state index contributed by atoms with van der Waals surface area (Å²) in [4.78, 5) is 18.5. The molecule has 1 amide bonds. The predicted octanol–water partition coefficient (Wildman–Crippen LogP) is 2.62. The lowest BCUT2D eigenvalue weighted by Crippen LogP contribution is -2.45. The average molecular weight is 312 g/mol. The normalized spacial score (nSPS) is 19.5. The SMILES string of the molecule is N#Cc1ccc(N2CCC(NC(=O)CC3CCCC3)CC2)cn1. The van der Waals surface area contributed by atoms with Gasteiger partial charge in [0.2, 0.25) is 5.91 Å². The highest BCUT2D eigenvalue weighted by Crippen LogP contribution is 2.27. The Morgan fingerprint density at radius 3 is 2.61 bits per heavy atom. The van der Waals surface area contributed by atoms with Crippen molar-refractivity contribution in [2.45, 2.75) is 51.0 Å². The van der Waals surface area contributed by atoms with Gasteiger partial charge in [-0.2, -0.15) is 5.26 Å². The second-order valence-electron chi connectivity index (χ2n) is 6.70. The van der Waals surface area contributed by atoms with Crippen molar-refractivity contribution in [1.82, 2.24) is 10.3 Å². The maximum atomic E-state index is 12.1. The van der Waals surface area contributed by atoms with Crippen molar-refractivity contribution in [2.75, 3.05) is 18.0 Å². The van der Waals surface area contributed by atoms with Crippen LogP contribution in [0.3, 0.4) is 0 Å². The van der Waals surface area contributed by atoms with E-state index < -0.39 is 0 Å². The highest BCUT2D eigenvalue weighted by Gasteiger charge is 2.23. The van der Waals surface area contributed by atoms with Crippen LogP contribution in [0.15, 0.2) is 18.3 Å². The molecule has 5 nitrogen and oxygen atoms in total. The molecule has 1 aliphatic heterocycles. The highest BCUT2D eigenvalue weighted by atomic mass is 16.1. The number of nitrogens with zero attached hydrogens (tertiary/aromatic N) is 3. The predicted molar refractivity (Wildman–Crippen MR) is 88.9 cm³/mol. The molecule has 0 radical (unpaired) electrons. The molecular formula is C18H24N4O. The molecule has 0 atom stereocenters. The van der Waals surface area contributed by atoms with Crippen LogP contribution >= 0.6 is 0 Å². The smallest absolute Gasteiger partial charge is 0.220 e. The first-order chi connectivity index (χ1) is 11.2. The molecule has 1 aromatic rings. The monoisotopic (exact) mass is 312 g/mol. The molecule has 3 rings (SSSR count). The molecule has 1 N–H and O–H groups in total. The van der Waals surface area contributed by atoms with Gasteiger partial charge in [-0.15, -0.1) is 0 Å². The Morgan fingerprint density at radius 2 is 2.00 bits per heavy atom. The maximum Gasteiger partial charge on any atom is 0.220 e. The highest BCUT2D eigenvalue weighted by molar-refractivity contribution is 5.76. The van der Waals surface area contributed by atoms with Crippen molar-refractivity contribution in [1.29, 1.82) is 5.26 Å². The molecule has 1 saturated carbocycles. The van der Waals surface area contributed by atoms with Crippen molar-refractivity contribution >= 4 is 11.6 Å². The van der Waals surface area contributed by atoms with Crippen molar-refractivity contribution in [2.24, 2.45) is 5.92 Å². The first-order valence-electron chi connectivity index (χ1n) is 8.65. The molecule has 1 aliphatic carbocycles. The van der Waals surface area contributed by atoms with Crippen LogP contribution in [0, 0.1) is 17.2 Å². The summed E-state index contributed by atoms with van der Waals surface area (Å²) < 4.78 is 0. The molecule has 2 heterocycles. The number of hydrogen-bond acceptors (Lipinski definition) is 4. The van der Waals surface area contributed by atoms with Gasteiger partial charge in [-0.05, 0) is 43.7 Å². The van der Waals surface area contributed by atoms with Crippen LogP contribution in [-0.2, 0) is 4.79 Å². The van der Waals surface area contributed by atoms with Crippen LogP contribution in [0.1, 0.15) is 50.6 Å². The number of nitriles is 1. The van der Waals surface area contributed by atoms with Gasteiger partial charge >= 0.3 is 0 Å². The van der Waals surface area contributed by atoms with E-state index in [0.29, 0.717) is 24.1 Å². The van der Waals surface area contributed by atoms with Gasteiger partial charge in [-0.3, -0.25) is 4.79 Å². The number of piperidine rings is 1. The van der Waals surface area contributed by atoms with Crippen LogP contribution in [0.5, 0.6) is 0 Å². The number of nitrogens with one attached hydrogen (secondary N) is 1. The molecule has 2 fully saturated rings. The van der Waals surface area contributed by atoms with E-state index >= 15 is 0 Å². The van der Waals surface area contributed by atoms with Crippen molar-refractivity contribution in [3.8, 4) is 6.07 Å². The second-order valence-corrected chi connectivity index (χ2v) is 6.70. The van der Waals surface area contributed by atoms with Gasteiger partial charge in [0.25, 0.3) is 0 Å². The Kier molecular flexibility index (Phi) is 5.12. The third kappa shape index (κ3) is 4.22. The van der Waals surface area contributed by atoms with Crippen LogP contribution < -0.4 is 10.2 Å². The van der Waals surface area contributed by atoms with Gasteiger partial charge in [0.1, 0.15) is 11.8 Å². The fraction of sp³-hybridized carbons (Fsp3) is 0.611. The third-order valence-corrected chi connectivity index (χ3v) is 5.04. The van der Waals surface area contributed by atoms with E-state index in [1.807, 2.05) is 12.1 Å².